The van der Waals surface area contributed by atoms with Crippen molar-refractivity contribution in [1.82, 2.24) is 0 Å². The molecule has 0 atom stereocenters. The second-order valence-electron chi connectivity index (χ2n) is 2.79. The number of rotatable bonds is 4. The Hall–Kier alpha value is -0.0800. The Morgan fingerprint density at radius 1 is 1.33 bits per heavy atom. The van der Waals surface area contributed by atoms with Crippen molar-refractivity contribution in [3.63, 3.8) is 0 Å². The van der Waals surface area contributed by atoms with E-state index in [0.717, 1.165) is 12.8 Å². The summed E-state index contributed by atoms with van der Waals surface area (Å²) >= 11 is 0. The van der Waals surface area contributed by atoms with Crippen LogP contribution >= 0.6 is 0 Å². The standard InChI is InChI=1S/C7H16O2/c1-4-7(3,5-2)6-9-8/h8H,4-6H2,1-3H3. The minimum absolute atomic E-state index is 0.161. The van der Waals surface area contributed by atoms with Crippen LogP contribution in [-0.4, -0.2) is 11.9 Å². The van der Waals surface area contributed by atoms with Crippen molar-refractivity contribution in [3.8, 4) is 0 Å². The fourth-order valence-corrected chi connectivity index (χ4v) is 0.610. The van der Waals surface area contributed by atoms with Crippen LogP contribution in [0.3, 0.4) is 0 Å². The molecule has 0 aliphatic rings. The van der Waals surface area contributed by atoms with Crippen LogP contribution in [0.2, 0.25) is 0 Å². The van der Waals surface area contributed by atoms with Gasteiger partial charge in [-0.05, 0) is 18.3 Å². The fraction of sp³-hybridized carbons (Fsp3) is 1.00. The Labute approximate surface area is 56.8 Å². The Bertz CT molecular complexity index is 67.3. The first-order chi connectivity index (χ1) is 4.18. The summed E-state index contributed by atoms with van der Waals surface area (Å²) in [6, 6.07) is 0. The van der Waals surface area contributed by atoms with E-state index >= 15 is 0 Å². The van der Waals surface area contributed by atoms with Gasteiger partial charge in [0.2, 0.25) is 0 Å². The highest BCUT2D eigenvalue weighted by Gasteiger charge is 2.19. The SMILES string of the molecule is CCC(C)(CC)COO. The first-order valence-electron chi connectivity index (χ1n) is 3.45. The lowest BCUT2D eigenvalue weighted by molar-refractivity contribution is -0.261. The van der Waals surface area contributed by atoms with Gasteiger partial charge in [0.25, 0.3) is 0 Å². The minimum Gasteiger partial charge on any atom is -0.252 e. The maximum absolute atomic E-state index is 8.16. The van der Waals surface area contributed by atoms with Gasteiger partial charge < -0.3 is 0 Å². The first-order valence-corrected chi connectivity index (χ1v) is 3.45. The molecule has 2 nitrogen and oxygen atoms in total. The second-order valence-corrected chi connectivity index (χ2v) is 2.79. The van der Waals surface area contributed by atoms with Crippen LogP contribution in [0.5, 0.6) is 0 Å². The fourth-order valence-electron chi connectivity index (χ4n) is 0.610. The van der Waals surface area contributed by atoms with Crippen LogP contribution in [0.15, 0.2) is 0 Å². The zero-order valence-corrected chi connectivity index (χ0v) is 6.48. The van der Waals surface area contributed by atoms with E-state index in [-0.39, 0.29) is 5.41 Å². The molecule has 0 saturated heterocycles. The Kier molecular flexibility index (Phi) is 3.82. The number of hydrogen-bond donors (Lipinski definition) is 1. The van der Waals surface area contributed by atoms with E-state index in [1.165, 1.54) is 0 Å². The van der Waals surface area contributed by atoms with E-state index in [1.807, 2.05) is 0 Å². The zero-order valence-electron chi connectivity index (χ0n) is 6.48. The normalized spacial score (nSPS) is 12.0. The molecule has 1 N–H and O–H groups in total. The van der Waals surface area contributed by atoms with Gasteiger partial charge in [-0.15, -0.1) is 0 Å². The van der Waals surface area contributed by atoms with Crippen LogP contribution in [0, 0.1) is 5.41 Å². The molecule has 0 spiro atoms. The van der Waals surface area contributed by atoms with Gasteiger partial charge in [0, 0.05) is 0 Å². The van der Waals surface area contributed by atoms with Crippen molar-refractivity contribution < 1.29 is 10.1 Å². The Morgan fingerprint density at radius 2 is 1.78 bits per heavy atom. The van der Waals surface area contributed by atoms with Gasteiger partial charge in [0.15, 0.2) is 0 Å². The van der Waals surface area contributed by atoms with E-state index < -0.39 is 0 Å². The van der Waals surface area contributed by atoms with Gasteiger partial charge in [-0.2, -0.15) is 0 Å². The lowest BCUT2D eigenvalue weighted by atomic mass is 9.86. The van der Waals surface area contributed by atoms with E-state index in [9.17, 15) is 0 Å². The third kappa shape index (κ3) is 2.82. The van der Waals surface area contributed by atoms with Gasteiger partial charge in [-0.3, -0.25) is 5.26 Å². The molecule has 0 bridgehead atoms. The average Bonchev–Trinajstić information content (AvgIpc) is 1.89. The predicted molar refractivity (Wildman–Crippen MR) is 37.3 cm³/mol. The molecule has 0 aromatic heterocycles. The average molecular weight is 132 g/mol. The predicted octanol–water partition coefficient (Wildman–Crippen LogP) is 2.30. The molecule has 0 aromatic rings. The summed E-state index contributed by atoms with van der Waals surface area (Å²) in [5, 5.41) is 8.16. The Morgan fingerprint density at radius 3 is 1.89 bits per heavy atom. The summed E-state index contributed by atoms with van der Waals surface area (Å²) in [5.74, 6) is 0. The number of hydrogen-bond acceptors (Lipinski definition) is 2. The molecule has 0 amide bonds. The van der Waals surface area contributed by atoms with Gasteiger partial charge >= 0.3 is 0 Å². The lowest BCUT2D eigenvalue weighted by Crippen LogP contribution is -2.20. The van der Waals surface area contributed by atoms with Gasteiger partial charge in [0.05, 0.1) is 6.61 Å². The highest BCUT2D eigenvalue weighted by atomic mass is 17.1. The highest BCUT2D eigenvalue weighted by molar-refractivity contribution is 4.68. The molecule has 0 heterocycles. The minimum atomic E-state index is 0.161. The molecular weight excluding hydrogens is 116 g/mol. The van der Waals surface area contributed by atoms with Crippen LogP contribution in [-0.2, 0) is 4.89 Å². The molecule has 0 rings (SSSR count). The molecule has 56 valence electrons. The van der Waals surface area contributed by atoms with Gasteiger partial charge in [-0.25, -0.2) is 4.89 Å². The zero-order chi connectivity index (χ0) is 7.33. The monoisotopic (exact) mass is 132 g/mol. The van der Waals surface area contributed by atoms with Gasteiger partial charge in [-0.1, -0.05) is 20.8 Å². The summed E-state index contributed by atoms with van der Waals surface area (Å²) in [7, 11) is 0. The second kappa shape index (κ2) is 3.85. The van der Waals surface area contributed by atoms with Crippen molar-refractivity contribution in [1.29, 1.82) is 0 Å². The quantitative estimate of drug-likeness (QED) is 0.469. The maximum Gasteiger partial charge on any atom is 0.0873 e. The van der Waals surface area contributed by atoms with Crippen LogP contribution in [0.25, 0.3) is 0 Å². The largest absolute Gasteiger partial charge is 0.252 e. The highest BCUT2D eigenvalue weighted by Crippen LogP contribution is 2.24. The summed E-state index contributed by atoms with van der Waals surface area (Å²) in [6.07, 6.45) is 2.09. The molecule has 0 unspecified atom stereocenters. The molecule has 0 aliphatic heterocycles. The van der Waals surface area contributed by atoms with Crippen molar-refractivity contribution in [2.24, 2.45) is 5.41 Å². The van der Waals surface area contributed by atoms with E-state index in [1.54, 1.807) is 0 Å². The molecule has 9 heavy (non-hydrogen) atoms. The van der Waals surface area contributed by atoms with Crippen molar-refractivity contribution >= 4 is 0 Å². The van der Waals surface area contributed by atoms with Crippen molar-refractivity contribution in [2.75, 3.05) is 6.61 Å². The van der Waals surface area contributed by atoms with Crippen LogP contribution < -0.4 is 0 Å². The van der Waals surface area contributed by atoms with Crippen LogP contribution in [0.4, 0.5) is 0 Å². The molecule has 0 aromatic carbocycles. The van der Waals surface area contributed by atoms with Crippen molar-refractivity contribution in [3.05, 3.63) is 0 Å². The molecule has 0 fully saturated rings. The van der Waals surface area contributed by atoms with Gasteiger partial charge in [0.1, 0.15) is 0 Å². The molecular formula is C7H16O2. The summed E-state index contributed by atoms with van der Waals surface area (Å²) in [4.78, 5) is 4.09. The Balaban J connectivity index is 3.62. The third-order valence-corrected chi connectivity index (χ3v) is 2.12. The summed E-state index contributed by atoms with van der Waals surface area (Å²) < 4.78 is 0. The lowest BCUT2D eigenvalue weighted by Gasteiger charge is -2.23. The summed E-state index contributed by atoms with van der Waals surface area (Å²) in [6.45, 7) is 6.74. The summed E-state index contributed by atoms with van der Waals surface area (Å²) in [5.41, 5.74) is 0.161. The van der Waals surface area contributed by atoms with E-state index in [0.29, 0.717) is 6.61 Å². The molecule has 0 radical (unpaired) electrons. The topological polar surface area (TPSA) is 29.5 Å². The smallest absolute Gasteiger partial charge is 0.0873 e. The molecule has 0 saturated carbocycles. The van der Waals surface area contributed by atoms with E-state index in [4.69, 9.17) is 5.26 Å². The molecule has 2 heteroatoms. The van der Waals surface area contributed by atoms with Crippen LogP contribution in [0.1, 0.15) is 33.6 Å². The third-order valence-electron chi connectivity index (χ3n) is 2.12. The molecule has 0 aliphatic carbocycles. The van der Waals surface area contributed by atoms with E-state index in [2.05, 4.69) is 25.7 Å². The first kappa shape index (κ1) is 8.92. The van der Waals surface area contributed by atoms with Crippen molar-refractivity contribution in [2.45, 2.75) is 33.6 Å². The maximum atomic E-state index is 8.16.